The molecule has 2 aliphatic rings. The van der Waals surface area contributed by atoms with Gasteiger partial charge in [-0.05, 0) is 54.7 Å². The van der Waals surface area contributed by atoms with Crippen molar-refractivity contribution in [3.63, 3.8) is 0 Å². The van der Waals surface area contributed by atoms with Gasteiger partial charge in [-0.3, -0.25) is 4.79 Å². The highest BCUT2D eigenvalue weighted by Crippen LogP contribution is 2.35. The molecule has 3 heteroatoms. The molecule has 3 nitrogen and oxygen atoms in total. The Morgan fingerprint density at radius 2 is 2.05 bits per heavy atom. The van der Waals surface area contributed by atoms with Crippen LogP contribution in [0.25, 0.3) is 0 Å². The number of amides is 1. The van der Waals surface area contributed by atoms with E-state index in [0.29, 0.717) is 0 Å². The molecule has 1 amide bonds. The topological polar surface area (TPSA) is 49.3 Å². The van der Waals surface area contributed by atoms with E-state index in [-0.39, 0.29) is 23.8 Å². The lowest BCUT2D eigenvalue weighted by molar-refractivity contribution is -0.123. The number of fused-ring (bicyclic) bond motifs is 1. The lowest BCUT2D eigenvalue weighted by atomic mass is 9.84. The minimum atomic E-state index is -0.433. The van der Waals surface area contributed by atoms with E-state index >= 15 is 0 Å². The Balaban J connectivity index is 1.83. The number of carbonyl (C=O) groups is 1. The largest absolute Gasteiger partial charge is 0.388 e. The van der Waals surface area contributed by atoms with Gasteiger partial charge in [-0.2, -0.15) is 0 Å². The van der Waals surface area contributed by atoms with Crippen LogP contribution >= 0.6 is 0 Å². The van der Waals surface area contributed by atoms with E-state index in [1.807, 2.05) is 19.9 Å². The maximum Gasteiger partial charge on any atom is 0.223 e. The molecular formula is C18H25NO2. The zero-order chi connectivity index (χ0) is 15.0. The fourth-order valence-corrected chi connectivity index (χ4v) is 3.17. The van der Waals surface area contributed by atoms with Gasteiger partial charge in [-0.25, -0.2) is 0 Å². The van der Waals surface area contributed by atoms with Crippen LogP contribution in [0.1, 0.15) is 68.4 Å². The van der Waals surface area contributed by atoms with E-state index in [4.69, 9.17) is 0 Å². The van der Waals surface area contributed by atoms with E-state index in [1.54, 1.807) is 0 Å². The van der Waals surface area contributed by atoms with E-state index in [0.717, 1.165) is 37.7 Å². The Bertz CT molecular complexity index is 534. The summed E-state index contributed by atoms with van der Waals surface area (Å²) >= 11 is 0. The molecule has 1 aromatic rings. The smallest absolute Gasteiger partial charge is 0.223 e. The summed E-state index contributed by atoms with van der Waals surface area (Å²) in [4.78, 5) is 12.0. The third-order valence-electron chi connectivity index (χ3n) is 4.72. The van der Waals surface area contributed by atoms with Crippen molar-refractivity contribution in [3.05, 3.63) is 34.9 Å². The summed E-state index contributed by atoms with van der Waals surface area (Å²) in [6.45, 7) is 4.05. The van der Waals surface area contributed by atoms with Crippen molar-refractivity contribution in [1.82, 2.24) is 5.32 Å². The molecule has 0 saturated heterocycles. The molecule has 2 N–H and O–H groups in total. The minimum Gasteiger partial charge on any atom is -0.388 e. The Morgan fingerprint density at radius 1 is 1.29 bits per heavy atom. The van der Waals surface area contributed by atoms with Gasteiger partial charge in [0.2, 0.25) is 5.91 Å². The quantitative estimate of drug-likeness (QED) is 0.893. The standard InChI is InChI=1S/C18H25NO2/c1-11(2)17(20)14-9-6-12-4-3-5-16(15(12)10-14)19-18(21)13-7-8-13/h6,9-11,13,16-17,20H,3-5,7-8H2,1-2H3,(H,19,21). The van der Waals surface area contributed by atoms with Crippen LogP contribution in [0.3, 0.4) is 0 Å². The highest BCUT2D eigenvalue weighted by Gasteiger charge is 2.32. The van der Waals surface area contributed by atoms with Crippen molar-refractivity contribution < 1.29 is 9.90 Å². The Morgan fingerprint density at radius 3 is 2.71 bits per heavy atom. The highest BCUT2D eigenvalue weighted by atomic mass is 16.3. The maximum absolute atomic E-state index is 12.0. The Kier molecular flexibility index (Phi) is 4.03. The summed E-state index contributed by atoms with van der Waals surface area (Å²) in [7, 11) is 0. The summed E-state index contributed by atoms with van der Waals surface area (Å²) in [5.41, 5.74) is 3.51. The molecule has 0 aromatic heterocycles. The van der Waals surface area contributed by atoms with E-state index in [9.17, 15) is 9.90 Å². The van der Waals surface area contributed by atoms with Crippen LogP contribution in [-0.4, -0.2) is 11.0 Å². The summed E-state index contributed by atoms with van der Waals surface area (Å²) in [6.07, 6.45) is 4.84. The number of carbonyl (C=O) groups excluding carboxylic acids is 1. The van der Waals surface area contributed by atoms with Crippen LogP contribution in [0.2, 0.25) is 0 Å². The summed E-state index contributed by atoms with van der Waals surface area (Å²) < 4.78 is 0. The first-order valence-corrected chi connectivity index (χ1v) is 8.17. The van der Waals surface area contributed by atoms with Gasteiger partial charge in [0.1, 0.15) is 0 Å². The molecular weight excluding hydrogens is 262 g/mol. The monoisotopic (exact) mass is 287 g/mol. The second kappa shape index (κ2) is 5.80. The molecule has 0 aliphatic heterocycles. The van der Waals surface area contributed by atoms with Crippen LogP contribution in [0, 0.1) is 11.8 Å². The van der Waals surface area contributed by atoms with Gasteiger partial charge < -0.3 is 10.4 Å². The molecule has 2 aliphatic carbocycles. The van der Waals surface area contributed by atoms with Gasteiger partial charge in [0.05, 0.1) is 12.1 Å². The van der Waals surface area contributed by atoms with Gasteiger partial charge >= 0.3 is 0 Å². The Hall–Kier alpha value is -1.35. The summed E-state index contributed by atoms with van der Waals surface area (Å²) in [5, 5.41) is 13.5. The zero-order valence-electron chi connectivity index (χ0n) is 12.9. The molecule has 3 rings (SSSR count). The average molecular weight is 287 g/mol. The number of aliphatic hydroxyl groups is 1. The van der Waals surface area contributed by atoms with Gasteiger partial charge in [-0.1, -0.05) is 32.0 Å². The van der Waals surface area contributed by atoms with Crippen LogP contribution in [0.4, 0.5) is 0 Å². The predicted molar refractivity (Wildman–Crippen MR) is 82.8 cm³/mol. The number of rotatable bonds is 4. The highest BCUT2D eigenvalue weighted by molar-refractivity contribution is 5.81. The van der Waals surface area contributed by atoms with Gasteiger partial charge in [0.15, 0.2) is 0 Å². The molecule has 0 spiro atoms. The van der Waals surface area contributed by atoms with Crippen LogP contribution < -0.4 is 5.32 Å². The molecule has 2 atom stereocenters. The molecule has 1 aromatic carbocycles. The number of hydrogen-bond acceptors (Lipinski definition) is 2. The maximum atomic E-state index is 12.0. The van der Waals surface area contributed by atoms with Crippen LogP contribution in [0.15, 0.2) is 18.2 Å². The first-order chi connectivity index (χ1) is 10.1. The van der Waals surface area contributed by atoms with E-state index in [2.05, 4.69) is 17.4 Å². The van der Waals surface area contributed by atoms with Crippen molar-refractivity contribution in [2.45, 2.75) is 58.1 Å². The van der Waals surface area contributed by atoms with E-state index < -0.39 is 6.10 Å². The molecule has 0 heterocycles. The first-order valence-electron chi connectivity index (χ1n) is 8.17. The second-order valence-corrected chi connectivity index (χ2v) is 6.87. The number of benzene rings is 1. The average Bonchev–Trinajstić information content (AvgIpc) is 3.31. The summed E-state index contributed by atoms with van der Waals surface area (Å²) in [5.74, 6) is 0.661. The lowest BCUT2D eigenvalue weighted by Crippen LogP contribution is -2.32. The number of hydrogen-bond donors (Lipinski definition) is 2. The number of nitrogens with one attached hydrogen (secondary N) is 1. The third kappa shape index (κ3) is 3.13. The zero-order valence-corrected chi connectivity index (χ0v) is 12.9. The fourth-order valence-electron chi connectivity index (χ4n) is 3.17. The van der Waals surface area contributed by atoms with Crippen molar-refractivity contribution >= 4 is 5.91 Å². The number of aryl methyl sites for hydroxylation is 1. The first kappa shape index (κ1) is 14.6. The second-order valence-electron chi connectivity index (χ2n) is 6.87. The van der Waals surface area contributed by atoms with Crippen molar-refractivity contribution in [2.75, 3.05) is 0 Å². The molecule has 2 unspecified atom stereocenters. The molecule has 0 radical (unpaired) electrons. The molecule has 1 fully saturated rings. The fraction of sp³-hybridized carbons (Fsp3) is 0.611. The van der Waals surface area contributed by atoms with Gasteiger partial charge in [-0.15, -0.1) is 0 Å². The molecule has 21 heavy (non-hydrogen) atoms. The Labute approximate surface area is 126 Å². The van der Waals surface area contributed by atoms with Crippen molar-refractivity contribution in [3.8, 4) is 0 Å². The van der Waals surface area contributed by atoms with Crippen molar-refractivity contribution in [1.29, 1.82) is 0 Å². The third-order valence-corrected chi connectivity index (χ3v) is 4.72. The summed E-state index contributed by atoms with van der Waals surface area (Å²) in [6, 6.07) is 6.40. The predicted octanol–water partition coefficient (Wildman–Crippen LogP) is 3.28. The molecule has 1 saturated carbocycles. The lowest BCUT2D eigenvalue weighted by Gasteiger charge is -2.28. The van der Waals surface area contributed by atoms with E-state index in [1.165, 1.54) is 11.1 Å². The van der Waals surface area contributed by atoms with Gasteiger partial charge in [0.25, 0.3) is 0 Å². The minimum absolute atomic E-state index is 0.126. The molecule has 114 valence electrons. The SMILES string of the molecule is CC(C)C(O)c1ccc2c(c1)C(NC(=O)C1CC1)CCC2. The van der Waals surface area contributed by atoms with Gasteiger partial charge in [0, 0.05) is 5.92 Å². The number of aliphatic hydroxyl groups excluding tert-OH is 1. The van der Waals surface area contributed by atoms with Crippen LogP contribution in [-0.2, 0) is 11.2 Å². The van der Waals surface area contributed by atoms with Crippen molar-refractivity contribution in [2.24, 2.45) is 11.8 Å². The normalized spacial score (nSPS) is 22.8. The molecule has 0 bridgehead atoms. The van der Waals surface area contributed by atoms with Crippen LogP contribution in [0.5, 0.6) is 0 Å².